The van der Waals surface area contributed by atoms with Crippen molar-refractivity contribution in [3.63, 3.8) is 0 Å². The summed E-state index contributed by atoms with van der Waals surface area (Å²) in [6.45, 7) is 0. The van der Waals surface area contributed by atoms with Gasteiger partial charge in [-0.3, -0.25) is 4.79 Å². The van der Waals surface area contributed by atoms with Gasteiger partial charge in [0.25, 0.3) is 10.0 Å². The third-order valence-corrected chi connectivity index (χ3v) is 5.55. The lowest BCUT2D eigenvalue weighted by atomic mass is 9.83. The molecule has 0 aromatic heterocycles. The summed E-state index contributed by atoms with van der Waals surface area (Å²) in [5.74, 6) is -5.14. The SMILES string of the molecule is CNC1=C(c2cc(F)c(F)c(F)c2)C2=NS(=O)(=O)c3cccc(c32)C1=O. The van der Waals surface area contributed by atoms with E-state index in [1.54, 1.807) is 0 Å². The van der Waals surface area contributed by atoms with Crippen molar-refractivity contribution >= 4 is 27.1 Å². The molecule has 1 heterocycles. The van der Waals surface area contributed by atoms with Gasteiger partial charge in [-0.25, -0.2) is 13.2 Å². The minimum atomic E-state index is -4.06. The third kappa shape index (κ3) is 2.07. The van der Waals surface area contributed by atoms with Crippen LogP contribution in [-0.4, -0.2) is 27.0 Å². The van der Waals surface area contributed by atoms with Crippen molar-refractivity contribution in [1.29, 1.82) is 0 Å². The Hall–Kier alpha value is -2.94. The number of hydrogen-bond acceptors (Lipinski definition) is 4. The topological polar surface area (TPSA) is 75.6 Å². The highest BCUT2D eigenvalue weighted by molar-refractivity contribution is 7.90. The van der Waals surface area contributed by atoms with Crippen LogP contribution in [0.3, 0.4) is 0 Å². The van der Waals surface area contributed by atoms with Gasteiger partial charge >= 0.3 is 0 Å². The van der Waals surface area contributed by atoms with Crippen molar-refractivity contribution in [3.8, 4) is 0 Å². The number of sulfonamides is 1. The lowest BCUT2D eigenvalue weighted by Crippen LogP contribution is -2.28. The molecule has 132 valence electrons. The molecule has 0 atom stereocenters. The number of allylic oxidation sites excluding steroid dienone is 2. The summed E-state index contributed by atoms with van der Waals surface area (Å²) >= 11 is 0. The van der Waals surface area contributed by atoms with E-state index in [1.807, 2.05) is 0 Å². The van der Waals surface area contributed by atoms with Gasteiger partial charge in [-0.1, -0.05) is 12.1 Å². The second-order valence-corrected chi connectivity index (χ2v) is 7.25. The number of Topliss-reactive ketones (excluding diaryl/α,β-unsaturated/α-hetero) is 1. The summed E-state index contributed by atoms with van der Waals surface area (Å²) in [5.41, 5.74) is -0.303. The Balaban J connectivity index is 2.11. The quantitative estimate of drug-likeness (QED) is 0.815. The summed E-state index contributed by atoms with van der Waals surface area (Å²) in [6, 6.07) is 5.54. The Bertz CT molecular complexity index is 1160. The molecule has 0 unspecified atom stereocenters. The van der Waals surface area contributed by atoms with Crippen LogP contribution in [0.1, 0.15) is 21.5 Å². The number of rotatable bonds is 2. The normalized spacial score (nSPS) is 17.2. The van der Waals surface area contributed by atoms with Crippen LogP contribution in [0.15, 0.2) is 45.3 Å². The van der Waals surface area contributed by atoms with Crippen molar-refractivity contribution in [2.75, 3.05) is 7.05 Å². The molecule has 0 spiro atoms. The molecule has 0 saturated heterocycles. The molecule has 2 aliphatic rings. The molecule has 26 heavy (non-hydrogen) atoms. The lowest BCUT2D eigenvalue weighted by Gasteiger charge is -2.22. The first-order valence-electron chi connectivity index (χ1n) is 7.36. The van der Waals surface area contributed by atoms with E-state index in [0.717, 1.165) is 0 Å². The maximum absolute atomic E-state index is 13.7. The van der Waals surface area contributed by atoms with Gasteiger partial charge in [0.15, 0.2) is 17.5 Å². The van der Waals surface area contributed by atoms with Gasteiger partial charge in [0, 0.05) is 23.7 Å². The standard InChI is InChI=1S/C17H9F3N2O3S/c1-21-16-12(7-5-9(18)14(20)10(19)6-7)15-13-8(17(16)23)3-2-4-11(13)26(24,25)22-15/h2-6,21H,1H3. The first-order valence-corrected chi connectivity index (χ1v) is 8.80. The van der Waals surface area contributed by atoms with Crippen molar-refractivity contribution in [3.05, 3.63) is 70.2 Å². The Morgan fingerprint density at radius 2 is 1.73 bits per heavy atom. The van der Waals surface area contributed by atoms with Gasteiger partial charge in [-0.2, -0.15) is 12.8 Å². The molecule has 9 heteroatoms. The highest BCUT2D eigenvalue weighted by Crippen LogP contribution is 2.40. The molecule has 2 aromatic carbocycles. The van der Waals surface area contributed by atoms with Crippen LogP contribution in [0.2, 0.25) is 0 Å². The molecule has 1 aliphatic carbocycles. The number of halogens is 3. The summed E-state index contributed by atoms with van der Waals surface area (Å²) in [7, 11) is -2.66. The predicted molar refractivity (Wildman–Crippen MR) is 86.8 cm³/mol. The number of nitrogens with one attached hydrogen (secondary N) is 1. The first kappa shape index (κ1) is 16.5. The number of hydrogen-bond donors (Lipinski definition) is 1. The Labute approximate surface area is 145 Å². The summed E-state index contributed by atoms with van der Waals surface area (Å²) in [4.78, 5) is 12.6. The van der Waals surface area contributed by atoms with E-state index in [4.69, 9.17) is 0 Å². The zero-order chi connectivity index (χ0) is 18.8. The molecule has 1 aliphatic heterocycles. The second-order valence-electron chi connectivity index (χ2n) is 5.68. The number of ketones is 1. The van der Waals surface area contributed by atoms with Crippen molar-refractivity contribution in [2.45, 2.75) is 4.90 Å². The Morgan fingerprint density at radius 1 is 1.08 bits per heavy atom. The van der Waals surface area contributed by atoms with Crippen LogP contribution in [0.5, 0.6) is 0 Å². The van der Waals surface area contributed by atoms with Gasteiger partial charge < -0.3 is 5.32 Å². The third-order valence-electron chi connectivity index (χ3n) is 4.23. The maximum Gasteiger partial charge on any atom is 0.283 e. The zero-order valence-corrected chi connectivity index (χ0v) is 13.9. The number of likely N-dealkylation sites (N-methyl/N-ethyl adjacent to an activating group) is 1. The second kappa shape index (κ2) is 5.28. The van der Waals surface area contributed by atoms with Gasteiger partial charge in [0.2, 0.25) is 5.78 Å². The zero-order valence-electron chi connectivity index (χ0n) is 13.1. The number of carbonyl (C=O) groups is 1. The van der Waals surface area contributed by atoms with E-state index in [1.165, 1.54) is 25.2 Å². The average Bonchev–Trinajstić information content (AvgIpc) is 2.87. The lowest BCUT2D eigenvalue weighted by molar-refractivity contribution is 0.102. The van der Waals surface area contributed by atoms with Crippen LogP contribution in [0.25, 0.3) is 5.57 Å². The highest BCUT2D eigenvalue weighted by Gasteiger charge is 2.40. The number of nitrogens with zero attached hydrogens (tertiary/aromatic N) is 1. The van der Waals surface area contributed by atoms with Gasteiger partial charge in [0.05, 0.1) is 16.3 Å². The van der Waals surface area contributed by atoms with Crippen molar-refractivity contribution in [2.24, 2.45) is 4.40 Å². The predicted octanol–water partition coefficient (Wildman–Crippen LogP) is 2.42. The fraction of sp³-hybridized carbons (Fsp3) is 0.0588. The first-order chi connectivity index (χ1) is 12.3. The van der Waals surface area contributed by atoms with Crippen molar-refractivity contribution < 1.29 is 26.4 Å². The van der Waals surface area contributed by atoms with Crippen LogP contribution in [0.4, 0.5) is 13.2 Å². The molecule has 2 aromatic rings. The molecule has 1 N–H and O–H groups in total. The van der Waals surface area contributed by atoms with Gasteiger partial charge in [-0.15, -0.1) is 0 Å². The van der Waals surface area contributed by atoms with E-state index in [0.29, 0.717) is 12.1 Å². The summed E-state index contributed by atoms with van der Waals surface area (Å²) < 4.78 is 69.1. The molecule has 0 radical (unpaired) electrons. The number of benzene rings is 2. The van der Waals surface area contributed by atoms with E-state index in [2.05, 4.69) is 9.71 Å². The van der Waals surface area contributed by atoms with Gasteiger partial charge in [-0.05, 0) is 23.8 Å². The van der Waals surface area contributed by atoms with Crippen LogP contribution < -0.4 is 5.32 Å². The van der Waals surface area contributed by atoms with Crippen LogP contribution >= 0.6 is 0 Å². The van der Waals surface area contributed by atoms with E-state index in [9.17, 15) is 26.4 Å². The fourth-order valence-electron chi connectivity index (χ4n) is 3.15. The minimum Gasteiger partial charge on any atom is -0.384 e. The number of carbonyl (C=O) groups excluding carboxylic acids is 1. The molecular weight excluding hydrogens is 369 g/mol. The maximum atomic E-state index is 13.7. The van der Waals surface area contributed by atoms with E-state index in [-0.39, 0.29) is 38.6 Å². The molecule has 4 rings (SSSR count). The largest absolute Gasteiger partial charge is 0.384 e. The minimum absolute atomic E-state index is 0.0802. The Kier molecular flexibility index (Phi) is 3.35. The van der Waals surface area contributed by atoms with E-state index < -0.39 is 33.3 Å². The van der Waals surface area contributed by atoms with Crippen molar-refractivity contribution in [1.82, 2.24) is 5.32 Å². The van der Waals surface area contributed by atoms with E-state index >= 15 is 0 Å². The molecule has 5 nitrogen and oxygen atoms in total. The van der Waals surface area contributed by atoms with Crippen LogP contribution in [-0.2, 0) is 10.0 Å². The van der Waals surface area contributed by atoms with Gasteiger partial charge in [0.1, 0.15) is 0 Å². The Morgan fingerprint density at radius 3 is 2.35 bits per heavy atom. The summed E-state index contributed by atoms with van der Waals surface area (Å²) in [5, 5.41) is 2.63. The smallest absolute Gasteiger partial charge is 0.283 e. The molecule has 0 bridgehead atoms. The molecule has 0 saturated carbocycles. The van der Waals surface area contributed by atoms with Crippen LogP contribution in [0, 0.1) is 17.5 Å². The summed E-state index contributed by atoms with van der Waals surface area (Å²) in [6.07, 6.45) is 0. The average molecular weight is 378 g/mol. The molecule has 0 fully saturated rings. The fourth-order valence-corrected chi connectivity index (χ4v) is 4.39. The molecular formula is C17H9F3N2O3S. The monoisotopic (exact) mass is 378 g/mol. The highest BCUT2D eigenvalue weighted by atomic mass is 32.2. The molecule has 0 amide bonds.